The first-order valence-electron chi connectivity index (χ1n) is 40.6. The lowest BCUT2D eigenvalue weighted by molar-refractivity contribution is -0.146. The van der Waals surface area contributed by atoms with E-state index in [4.69, 9.17) is 40.1 Å². The fourth-order valence-electron chi connectivity index (χ4n) is 15.6. The maximum Gasteiger partial charge on any atom is 0.326 e. The minimum absolute atomic E-state index is 0.0182. The van der Waals surface area contributed by atoms with Crippen molar-refractivity contribution in [3.63, 3.8) is 0 Å². The first kappa shape index (κ1) is 94.9. The number of hydrogen-bond donors (Lipinski definition) is 16. The number of carboxylic acid groups (broad SMARTS) is 1. The fourth-order valence-corrected chi connectivity index (χ4v) is 15.6. The number of nitrogens with zero attached hydrogens (tertiary/aromatic N) is 5. The van der Waals surface area contributed by atoms with Gasteiger partial charge >= 0.3 is 5.97 Å². The SMILES string of the molecule is CC(C)C[C@H](NC(=O)[C@@H](N)CCC(N)=O)C(=O)N1CCC[C@H]1C(=O)N[C@@H](Cc1ccccc1)C(=O)N1CCC[C@H]1C(=O)N[C@@H](CCC(N)=O)C(=O)N[C@@H](CCC(N)=O)C(=O)N1CCC[C@H]1C(=O)N[C@@H](CCC(N)=O)C(=O)N[C@@H](CCC(N)=O)C(=O)N1CCC[C@H]1C(=O)N[C@@H](Cc1ccccc1)C(=O)N1CCC[C@H]1C(=O)N[C@@H](CCC(N)=O)C(=O)O. The van der Waals surface area contributed by atoms with E-state index in [1.807, 2.05) is 13.8 Å². The third kappa shape index (κ3) is 28.0. The van der Waals surface area contributed by atoms with Gasteiger partial charge in [0.25, 0.3) is 0 Å². The van der Waals surface area contributed by atoms with Gasteiger partial charge in [-0.2, -0.15) is 0 Å². The van der Waals surface area contributed by atoms with Gasteiger partial charge in [-0.1, -0.05) is 74.5 Å². The molecule has 0 radical (unpaired) electrons. The molecule has 120 heavy (non-hydrogen) atoms. The van der Waals surface area contributed by atoms with Crippen LogP contribution in [-0.4, -0.2) is 265 Å². The summed E-state index contributed by atoms with van der Waals surface area (Å²) in [6.45, 7) is 3.53. The highest BCUT2D eigenvalue weighted by molar-refractivity contribution is 6.01. The third-order valence-electron chi connectivity index (χ3n) is 21.9. The number of nitrogens with one attached hydrogen (secondary N) is 8. The van der Waals surface area contributed by atoms with Gasteiger partial charge in [0.1, 0.15) is 78.5 Å². The second-order valence-corrected chi connectivity index (χ2v) is 31.4. The van der Waals surface area contributed by atoms with Gasteiger partial charge in [-0.15, -0.1) is 0 Å². The zero-order valence-electron chi connectivity index (χ0n) is 67.5. The number of aliphatic carboxylic acids is 1. The van der Waals surface area contributed by atoms with Crippen molar-refractivity contribution < 1.29 is 101 Å². The van der Waals surface area contributed by atoms with E-state index < -0.39 is 254 Å². The molecule has 2 aromatic carbocycles. The molecular weight excluding hydrogens is 1560 g/mol. The summed E-state index contributed by atoms with van der Waals surface area (Å²) in [5.74, 6) is -17.8. The molecule has 19 amide bonds. The van der Waals surface area contributed by atoms with E-state index >= 15 is 4.79 Å². The van der Waals surface area contributed by atoms with Crippen LogP contribution in [0.5, 0.6) is 0 Å². The van der Waals surface area contributed by atoms with E-state index in [1.54, 1.807) is 60.7 Å². The number of likely N-dealkylation sites (tertiary alicyclic amines) is 5. The molecule has 0 bridgehead atoms. The van der Waals surface area contributed by atoms with Crippen LogP contribution in [0.3, 0.4) is 0 Å². The smallest absolute Gasteiger partial charge is 0.326 e. The van der Waals surface area contributed by atoms with Crippen molar-refractivity contribution >= 4 is 118 Å². The van der Waals surface area contributed by atoms with E-state index in [2.05, 4.69) is 42.5 Å². The number of rotatable bonds is 46. The highest BCUT2D eigenvalue weighted by Crippen LogP contribution is 2.28. The summed E-state index contributed by atoms with van der Waals surface area (Å²) < 4.78 is 0. The van der Waals surface area contributed by atoms with Gasteiger partial charge in [0, 0.05) is 84.1 Å². The predicted molar refractivity (Wildman–Crippen MR) is 425 cm³/mol. The van der Waals surface area contributed by atoms with Crippen molar-refractivity contribution in [2.24, 2.45) is 46.1 Å². The van der Waals surface area contributed by atoms with Crippen LogP contribution in [0.4, 0.5) is 0 Å². The van der Waals surface area contributed by atoms with Crippen LogP contribution in [0, 0.1) is 5.92 Å². The van der Waals surface area contributed by atoms with Crippen LogP contribution in [0.15, 0.2) is 60.7 Å². The van der Waals surface area contributed by atoms with E-state index in [-0.39, 0.29) is 135 Å². The molecule has 5 heterocycles. The molecule has 0 aromatic heterocycles. The molecular formula is C79H114N20O21. The average molecular weight is 1680 g/mol. The Morgan fingerprint density at radius 1 is 0.325 bits per heavy atom. The lowest BCUT2D eigenvalue weighted by Gasteiger charge is -2.33. The Labute approximate surface area is 693 Å². The fraction of sp³-hybridized carbons (Fsp3) is 0.595. The molecule has 656 valence electrons. The highest BCUT2D eigenvalue weighted by atomic mass is 16.4. The molecule has 41 heteroatoms. The lowest BCUT2D eigenvalue weighted by atomic mass is 10.0. The second-order valence-electron chi connectivity index (χ2n) is 31.4. The molecule has 5 fully saturated rings. The molecule has 2 aromatic rings. The van der Waals surface area contributed by atoms with Gasteiger partial charge in [0.2, 0.25) is 112 Å². The molecule has 23 N–H and O–H groups in total. The summed E-state index contributed by atoms with van der Waals surface area (Å²) in [4.78, 5) is 279. The zero-order valence-corrected chi connectivity index (χ0v) is 67.5. The van der Waals surface area contributed by atoms with E-state index in [0.29, 0.717) is 24.0 Å². The lowest BCUT2D eigenvalue weighted by Crippen LogP contribution is -2.61. The summed E-state index contributed by atoms with van der Waals surface area (Å²) in [5.41, 5.74) is 40.0. The van der Waals surface area contributed by atoms with E-state index in [0.717, 1.165) is 9.80 Å². The van der Waals surface area contributed by atoms with E-state index in [9.17, 15) is 96.2 Å². The summed E-state index contributed by atoms with van der Waals surface area (Å²) in [6, 6.07) is -2.61. The van der Waals surface area contributed by atoms with Gasteiger partial charge in [-0.25, -0.2) is 4.79 Å². The van der Waals surface area contributed by atoms with Gasteiger partial charge in [-0.3, -0.25) is 91.1 Å². The Morgan fingerprint density at radius 3 is 0.850 bits per heavy atom. The first-order valence-corrected chi connectivity index (χ1v) is 40.6. The van der Waals surface area contributed by atoms with Crippen molar-refractivity contribution in [2.75, 3.05) is 32.7 Å². The van der Waals surface area contributed by atoms with Crippen LogP contribution >= 0.6 is 0 Å². The Bertz CT molecular complexity index is 4100. The van der Waals surface area contributed by atoms with Gasteiger partial charge in [-0.05, 0) is 126 Å². The Balaban J connectivity index is 1.05. The van der Waals surface area contributed by atoms with Crippen molar-refractivity contribution in [1.29, 1.82) is 0 Å². The molecule has 0 spiro atoms. The highest BCUT2D eigenvalue weighted by Gasteiger charge is 2.47. The number of nitrogens with two attached hydrogens (primary N) is 7. The summed E-state index contributed by atoms with van der Waals surface area (Å²) >= 11 is 0. The minimum Gasteiger partial charge on any atom is -0.480 e. The predicted octanol–water partition coefficient (Wildman–Crippen LogP) is -5.64. The standard InChI is InChI=1S/C79H114N20O21/c1-43(2)40-52(92-66(106)46(80)23-29-60(81)100)76(116)97-37-13-22-59(97)73(113)94-53(41-44-14-5-3-6-15-44)77(117)98-38-11-19-56(98)70(110)88-48(25-31-62(83)102)68(108)89-49(26-32-63(84)103)74(114)95-35-9-18-55(95)69(109)87-47(24-30-61(82)101)67(107)90-50(27-33-64(85)104)75(115)96-36-10-21-58(96)72(112)93-54(42-45-16-7-4-8-17-45)78(118)99-39-12-20-57(99)71(111)91-51(79(119)120)28-34-65(86)105/h3-8,14-17,43,46-59H,9-13,18-42,80H2,1-2H3,(H2,81,100)(H2,82,101)(H2,83,102)(H2,84,103)(H2,85,104)(H2,86,105)(H,87,109)(H,88,110)(H,89,108)(H,90,107)(H,91,111)(H,92,106)(H,93,112)(H,94,113)(H,119,120)/t46-,47-,48-,49-,50-,51-,52-,53-,54-,55-,56-,57-,58-,59-/m0/s1. The molecule has 41 nitrogen and oxygen atoms in total. The molecule has 0 aliphatic carbocycles. The van der Waals surface area contributed by atoms with Crippen LogP contribution in [0.25, 0.3) is 0 Å². The molecule has 5 aliphatic heterocycles. The molecule has 0 unspecified atom stereocenters. The van der Waals surface area contributed by atoms with Crippen LogP contribution < -0.4 is 82.7 Å². The molecule has 5 saturated heterocycles. The summed E-state index contributed by atoms with van der Waals surface area (Å²) in [6.07, 6.45) is -3.48. The monoisotopic (exact) mass is 1680 g/mol. The first-order chi connectivity index (χ1) is 56.9. The summed E-state index contributed by atoms with van der Waals surface area (Å²) in [5, 5.41) is 30.7. The van der Waals surface area contributed by atoms with Crippen molar-refractivity contribution in [3.8, 4) is 0 Å². The Morgan fingerprint density at radius 2 is 0.567 bits per heavy atom. The topological polar surface area (TPSA) is 656 Å². The zero-order chi connectivity index (χ0) is 88.2. The minimum atomic E-state index is -1.72. The number of amides is 19. The van der Waals surface area contributed by atoms with Crippen molar-refractivity contribution in [2.45, 2.75) is 259 Å². The second kappa shape index (κ2) is 45.7. The Hall–Kier alpha value is -12.2. The maximum absolute atomic E-state index is 15.0. The number of carbonyl (C=O) groups excluding carboxylic acids is 19. The summed E-state index contributed by atoms with van der Waals surface area (Å²) in [7, 11) is 0. The Kier molecular flexibility index (Phi) is 36.1. The van der Waals surface area contributed by atoms with E-state index in [1.165, 1.54) is 14.7 Å². The number of hydrogen-bond acceptors (Lipinski definition) is 21. The maximum atomic E-state index is 15.0. The normalized spacial score (nSPS) is 19.8. The van der Waals surface area contributed by atoms with Gasteiger partial charge in [0.05, 0.1) is 6.04 Å². The molecule has 0 saturated carbocycles. The van der Waals surface area contributed by atoms with Crippen LogP contribution in [0.1, 0.15) is 173 Å². The van der Waals surface area contributed by atoms with Crippen LogP contribution in [-0.2, 0) is 109 Å². The average Bonchev–Trinajstić information content (AvgIpc) is 1.65. The molecule has 14 atom stereocenters. The van der Waals surface area contributed by atoms with Gasteiger partial charge in [0.15, 0.2) is 0 Å². The number of primary amides is 6. The third-order valence-corrected chi connectivity index (χ3v) is 21.9. The molecule has 7 rings (SSSR count). The van der Waals surface area contributed by atoms with Crippen molar-refractivity contribution in [3.05, 3.63) is 71.8 Å². The van der Waals surface area contributed by atoms with Crippen molar-refractivity contribution in [1.82, 2.24) is 67.0 Å². The quantitative estimate of drug-likeness (QED) is 0.0294. The van der Waals surface area contributed by atoms with Crippen LogP contribution in [0.2, 0.25) is 0 Å². The number of benzene rings is 2. The molecule has 5 aliphatic rings. The largest absolute Gasteiger partial charge is 0.480 e. The van der Waals surface area contributed by atoms with Gasteiger partial charge < -0.3 is 112 Å². The number of carboxylic acids is 1. The number of carbonyl (C=O) groups is 20.